The number of fused-ring (bicyclic) bond motifs is 6. The van der Waals surface area contributed by atoms with Gasteiger partial charge >= 0.3 is 0 Å². The molecule has 0 spiro atoms. The second-order valence-electron chi connectivity index (χ2n) is 8.22. The van der Waals surface area contributed by atoms with Crippen molar-refractivity contribution in [3.05, 3.63) is 12.2 Å². The van der Waals surface area contributed by atoms with E-state index >= 15 is 0 Å². The van der Waals surface area contributed by atoms with Crippen LogP contribution in [0.4, 0.5) is 0 Å². The molecule has 2 bridgehead atoms. The second kappa shape index (κ2) is 3.74. The van der Waals surface area contributed by atoms with E-state index in [0.29, 0.717) is 17.1 Å². The third-order valence-electron chi connectivity index (χ3n) is 7.37. The highest BCUT2D eigenvalue weighted by atomic mass is 16.1. The fraction of sp³-hybridized carbons (Fsp3) is 0.833. The molecule has 1 heteroatoms. The zero-order valence-corrected chi connectivity index (χ0v) is 12.3. The fourth-order valence-corrected chi connectivity index (χ4v) is 6.30. The molecule has 0 aromatic rings. The monoisotopic (exact) mass is 258 g/mol. The van der Waals surface area contributed by atoms with E-state index in [1.54, 1.807) is 0 Å². The van der Waals surface area contributed by atoms with Crippen LogP contribution in [-0.4, -0.2) is 5.78 Å². The summed E-state index contributed by atoms with van der Waals surface area (Å²) in [7, 11) is 0. The molecular weight excluding hydrogens is 232 g/mol. The lowest BCUT2D eigenvalue weighted by Crippen LogP contribution is -2.54. The van der Waals surface area contributed by atoms with E-state index in [1.165, 1.54) is 32.1 Å². The Labute approximate surface area is 116 Å². The average Bonchev–Trinajstić information content (AvgIpc) is 2.75. The Morgan fingerprint density at radius 2 is 2.00 bits per heavy atom. The third-order valence-corrected chi connectivity index (χ3v) is 7.37. The SMILES string of the molecule is C[C@]12CCC[C@@H]1[C@@H]1C[C@@H]3C=CC[C@](C)(C3=O)[C@@H]1CC2. The summed E-state index contributed by atoms with van der Waals surface area (Å²) in [5, 5.41) is 0. The molecule has 0 saturated heterocycles. The van der Waals surface area contributed by atoms with Gasteiger partial charge in [-0.25, -0.2) is 0 Å². The van der Waals surface area contributed by atoms with Gasteiger partial charge in [-0.1, -0.05) is 32.4 Å². The zero-order valence-electron chi connectivity index (χ0n) is 12.3. The standard InChI is InChI=1S/C18H26O/c1-17-8-4-6-14(17)13-11-12-5-3-9-18(2,16(12)19)15(13)7-10-17/h3,5,12-15H,4,6-11H2,1-2H3/t12-,13-,14+,15+,17+,18-/m0/s1. The highest BCUT2D eigenvalue weighted by Gasteiger charge is 2.59. The van der Waals surface area contributed by atoms with Crippen LogP contribution in [0.15, 0.2) is 12.2 Å². The quantitative estimate of drug-likeness (QED) is 0.589. The minimum atomic E-state index is -0.0216. The summed E-state index contributed by atoms with van der Waals surface area (Å²) in [5.41, 5.74) is 0.585. The average molecular weight is 258 g/mol. The Morgan fingerprint density at radius 1 is 1.16 bits per heavy atom. The van der Waals surface area contributed by atoms with Crippen LogP contribution >= 0.6 is 0 Å². The maximum atomic E-state index is 12.7. The van der Waals surface area contributed by atoms with Gasteiger partial charge in [0.25, 0.3) is 0 Å². The van der Waals surface area contributed by atoms with Crippen LogP contribution in [0, 0.1) is 34.5 Å². The van der Waals surface area contributed by atoms with Crippen LogP contribution in [0.2, 0.25) is 0 Å². The lowest BCUT2D eigenvalue weighted by atomic mass is 9.46. The number of carbonyl (C=O) groups is 1. The van der Waals surface area contributed by atoms with E-state index in [1.807, 2.05) is 0 Å². The molecule has 0 N–H and O–H groups in total. The predicted octanol–water partition coefficient (Wildman–Crippen LogP) is 4.37. The molecule has 3 saturated carbocycles. The van der Waals surface area contributed by atoms with Crippen molar-refractivity contribution in [2.24, 2.45) is 34.5 Å². The molecular formula is C18H26O. The number of rotatable bonds is 0. The van der Waals surface area contributed by atoms with Gasteiger partial charge in [0, 0.05) is 11.3 Å². The molecule has 6 atom stereocenters. The number of ketones is 1. The van der Waals surface area contributed by atoms with E-state index in [2.05, 4.69) is 26.0 Å². The first kappa shape index (κ1) is 12.2. The van der Waals surface area contributed by atoms with Gasteiger partial charge in [-0.05, 0) is 61.7 Å². The number of hydrogen-bond donors (Lipinski definition) is 0. The molecule has 0 heterocycles. The van der Waals surface area contributed by atoms with E-state index in [-0.39, 0.29) is 11.3 Å². The van der Waals surface area contributed by atoms with Gasteiger partial charge in [-0.3, -0.25) is 4.79 Å². The van der Waals surface area contributed by atoms with Gasteiger partial charge in [0.1, 0.15) is 5.78 Å². The summed E-state index contributed by atoms with van der Waals surface area (Å²) < 4.78 is 0. The number of Topliss-reactive ketones (excluding diaryl/α,β-unsaturated/α-hetero) is 1. The Morgan fingerprint density at radius 3 is 2.84 bits per heavy atom. The van der Waals surface area contributed by atoms with Crippen LogP contribution in [0.5, 0.6) is 0 Å². The number of hydrogen-bond acceptors (Lipinski definition) is 1. The minimum absolute atomic E-state index is 0.0216. The topological polar surface area (TPSA) is 17.1 Å². The maximum Gasteiger partial charge on any atom is 0.146 e. The molecule has 4 aliphatic carbocycles. The minimum Gasteiger partial charge on any atom is -0.298 e. The van der Waals surface area contributed by atoms with Gasteiger partial charge in [0.15, 0.2) is 0 Å². The van der Waals surface area contributed by atoms with Crippen LogP contribution in [0.3, 0.4) is 0 Å². The van der Waals surface area contributed by atoms with Crippen LogP contribution in [0.25, 0.3) is 0 Å². The molecule has 0 amide bonds. The molecule has 104 valence electrons. The van der Waals surface area contributed by atoms with Crippen molar-refractivity contribution < 1.29 is 4.79 Å². The van der Waals surface area contributed by atoms with Crippen molar-refractivity contribution in [2.75, 3.05) is 0 Å². The van der Waals surface area contributed by atoms with Crippen molar-refractivity contribution in [1.82, 2.24) is 0 Å². The van der Waals surface area contributed by atoms with E-state index in [4.69, 9.17) is 0 Å². The molecule has 0 radical (unpaired) electrons. The molecule has 0 aromatic carbocycles. The normalized spacial score (nSPS) is 55.8. The van der Waals surface area contributed by atoms with E-state index < -0.39 is 0 Å². The Hall–Kier alpha value is -0.590. The molecule has 0 aliphatic heterocycles. The fourth-order valence-electron chi connectivity index (χ4n) is 6.30. The van der Waals surface area contributed by atoms with Crippen LogP contribution in [0.1, 0.15) is 58.8 Å². The molecule has 19 heavy (non-hydrogen) atoms. The van der Waals surface area contributed by atoms with Gasteiger partial charge in [0.2, 0.25) is 0 Å². The van der Waals surface area contributed by atoms with Gasteiger partial charge < -0.3 is 0 Å². The predicted molar refractivity (Wildman–Crippen MR) is 76.6 cm³/mol. The Balaban J connectivity index is 1.75. The zero-order chi connectivity index (χ0) is 13.3. The van der Waals surface area contributed by atoms with Gasteiger partial charge in [0.05, 0.1) is 0 Å². The van der Waals surface area contributed by atoms with Gasteiger partial charge in [-0.15, -0.1) is 0 Å². The molecule has 0 aromatic heterocycles. The van der Waals surface area contributed by atoms with Crippen molar-refractivity contribution in [1.29, 1.82) is 0 Å². The summed E-state index contributed by atoms with van der Waals surface area (Å²) in [4.78, 5) is 12.7. The number of carbonyl (C=O) groups excluding carboxylic acids is 1. The molecule has 4 rings (SSSR count). The third kappa shape index (κ3) is 1.45. The smallest absolute Gasteiger partial charge is 0.146 e. The molecule has 0 unspecified atom stereocenters. The van der Waals surface area contributed by atoms with E-state index in [9.17, 15) is 4.79 Å². The first-order valence-electron chi connectivity index (χ1n) is 8.26. The first-order chi connectivity index (χ1) is 9.05. The summed E-state index contributed by atoms with van der Waals surface area (Å²) in [6.07, 6.45) is 13.7. The van der Waals surface area contributed by atoms with Gasteiger partial charge in [-0.2, -0.15) is 0 Å². The molecule has 3 fully saturated rings. The summed E-state index contributed by atoms with van der Waals surface area (Å²) in [5.74, 6) is 3.24. The first-order valence-corrected chi connectivity index (χ1v) is 8.26. The Bertz CT molecular complexity index is 451. The van der Waals surface area contributed by atoms with Crippen molar-refractivity contribution in [3.63, 3.8) is 0 Å². The van der Waals surface area contributed by atoms with Crippen molar-refractivity contribution in [3.8, 4) is 0 Å². The summed E-state index contributed by atoms with van der Waals surface area (Å²) >= 11 is 0. The lowest BCUT2D eigenvalue weighted by molar-refractivity contribution is -0.149. The maximum absolute atomic E-state index is 12.7. The summed E-state index contributed by atoms with van der Waals surface area (Å²) in [6.45, 7) is 4.81. The van der Waals surface area contributed by atoms with Crippen LogP contribution in [-0.2, 0) is 4.79 Å². The molecule has 4 aliphatic rings. The highest BCUT2D eigenvalue weighted by Crippen LogP contribution is 2.64. The second-order valence-corrected chi connectivity index (χ2v) is 8.22. The van der Waals surface area contributed by atoms with Crippen molar-refractivity contribution >= 4 is 5.78 Å². The Kier molecular flexibility index (Phi) is 2.40. The van der Waals surface area contributed by atoms with Crippen molar-refractivity contribution in [2.45, 2.75) is 58.8 Å². The van der Waals surface area contributed by atoms with Crippen LogP contribution < -0.4 is 0 Å². The lowest BCUT2D eigenvalue weighted by Gasteiger charge is -2.57. The highest BCUT2D eigenvalue weighted by molar-refractivity contribution is 5.90. The largest absolute Gasteiger partial charge is 0.298 e. The number of allylic oxidation sites excluding steroid dienone is 2. The van der Waals surface area contributed by atoms with E-state index in [0.717, 1.165) is 24.7 Å². The summed E-state index contributed by atoms with van der Waals surface area (Å²) in [6, 6.07) is 0. The molecule has 1 nitrogen and oxygen atoms in total.